The van der Waals surface area contributed by atoms with Crippen LogP contribution in [0.5, 0.6) is 11.5 Å². The summed E-state index contributed by atoms with van der Waals surface area (Å²) < 4.78 is 5.41. The van der Waals surface area contributed by atoms with Crippen molar-refractivity contribution in [3.8, 4) is 11.5 Å². The van der Waals surface area contributed by atoms with E-state index in [1.807, 2.05) is 6.92 Å². The van der Waals surface area contributed by atoms with Gasteiger partial charge in [0, 0.05) is 13.1 Å². The zero-order chi connectivity index (χ0) is 12.3. The van der Waals surface area contributed by atoms with Gasteiger partial charge in [-0.15, -0.1) is 0 Å². The van der Waals surface area contributed by atoms with Gasteiger partial charge in [0.25, 0.3) is 5.91 Å². The largest absolute Gasteiger partial charge is 0.508 e. The van der Waals surface area contributed by atoms with Crippen LogP contribution in [0.1, 0.15) is 30.1 Å². The van der Waals surface area contributed by atoms with E-state index in [0.29, 0.717) is 17.9 Å². The van der Waals surface area contributed by atoms with Gasteiger partial charge in [-0.2, -0.15) is 0 Å². The summed E-state index contributed by atoms with van der Waals surface area (Å²) in [6, 6.07) is 4.65. The van der Waals surface area contributed by atoms with Gasteiger partial charge < -0.3 is 14.7 Å². The molecule has 4 heteroatoms. The van der Waals surface area contributed by atoms with Crippen LogP contribution >= 0.6 is 0 Å². The van der Waals surface area contributed by atoms with Gasteiger partial charge in [-0.1, -0.05) is 0 Å². The van der Waals surface area contributed by atoms with E-state index in [1.54, 1.807) is 11.0 Å². The molecule has 17 heavy (non-hydrogen) atoms. The predicted molar refractivity (Wildman–Crippen MR) is 64.4 cm³/mol. The Kier molecular flexibility index (Phi) is 3.52. The molecule has 0 bridgehead atoms. The number of hydrogen-bond donors (Lipinski definition) is 1. The van der Waals surface area contributed by atoms with Crippen molar-refractivity contribution in [1.82, 2.24) is 4.90 Å². The van der Waals surface area contributed by atoms with Crippen LogP contribution in [0.25, 0.3) is 0 Å². The van der Waals surface area contributed by atoms with Crippen LogP contribution in [0.15, 0.2) is 18.2 Å². The lowest BCUT2D eigenvalue weighted by molar-refractivity contribution is 0.0788. The van der Waals surface area contributed by atoms with Crippen molar-refractivity contribution in [2.75, 3.05) is 19.7 Å². The molecule has 4 nitrogen and oxygen atoms in total. The van der Waals surface area contributed by atoms with Crippen molar-refractivity contribution in [1.29, 1.82) is 0 Å². The molecule has 0 saturated carbocycles. The second-order valence-corrected chi connectivity index (χ2v) is 4.11. The third-order valence-electron chi connectivity index (χ3n) is 2.89. The lowest BCUT2D eigenvalue weighted by Gasteiger charge is -2.17. The molecule has 0 spiro atoms. The Morgan fingerprint density at radius 2 is 2.12 bits per heavy atom. The number of hydrogen-bond acceptors (Lipinski definition) is 3. The van der Waals surface area contributed by atoms with E-state index in [1.165, 1.54) is 12.1 Å². The Morgan fingerprint density at radius 3 is 2.76 bits per heavy atom. The molecule has 1 aromatic carbocycles. The van der Waals surface area contributed by atoms with Crippen molar-refractivity contribution >= 4 is 5.91 Å². The van der Waals surface area contributed by atoms with E-state index in [4.69, 9.17) is 4.74 Å². The van der Waals surface area contributed by atoms with Gasteiger partial charge in [0.05, 0.1) is 12.2 Å². The molecule has 1 aliphatic rings. The molecule has 0 aromatic heterocycles. The fourth-order valence-electron chi connectivity index (χ4n) is 2.06. The summed E-state index contributed by atoms with van der Waals surface area (Å²) in [6.45, 7) is 3.96. The molecule has 1 N–H and O–H groups in total. The molecule has 0 aliphatic carbocycles. The van der Waals surface area contributed by atoms with Crippen LogP contribution in [0.4, 0.5) is 0 Å². The van der Waals surface area contributed by atoms with E-state index in [-0.39, 0.29) is 11.7 Å². The molecule has 1 amide bonds. The second kappa shape index (κ2) is 5.08. The fourth-order valence-corrected chi connectivity index (χ4v) is 2.06. The third-order valence-corrected chi connectivity index (χ3v) is 2.89. The van der Waals surface area contributed by atoms with E-state index in [0.717, 1.165) is 25.9 Å². The van der Waals surface area contributed by atoms with Gasteiger partial charge >= 0.3 is 0 Å². The van der Waals surface area contributed by atoms with Crippen LogP contribution < -0.4 is 4.74 Å². The first-order valence-corrected chi connectivity index (χ1v) is 5.97. The Hall–Kier alpha value is -1.71. The molecule has 1 fully saturated rings. The van der Waals surface area contributed by atoms with Crippen molar-refractivity contribution in [3.05, 3.63) is 23.8 Å². The van der Waals surface area contributed by atoms with Crippen LogP contribution in [0.3, 0.4) is 0 Å². The second-order valence-electron chi connectivity index (χ2n) is 4.11. The SMILES string of the molecule is CCOc1ccc(O)cc1C(=O)N1CCCC1. The van der Waals surface area contributed by atoms with E-state index < -0.39 is 0 Å². The number of phenols is 1. The number of likely N-dealkylation sites (tertiary alicyclic amines) is 1. The van der Waals surface area contributed by atoms with Crippen molar-refractivity contribution in [2.24, 2.45) is 0 Å². The van der Waals surface area contributed by atoms with E-state index in [9.17, 15) is 9.90 Å². The van der Waals surface area contributed by atoms with Crippen molar-refractivity contribution in [2.45, 2.75) is 19.8 Å². The smallest absolute Gasteiger partial charge is 0.257 e. The highest BCUT2D eigenvalue weighted by Gasteiger charge is 2.22. The Labute approximate surface area is 101 Å². The summed E-state index contributed by atoms with van der Waals surface area (Å²) in [5, 5.41) is 9.47. The summed E-state index contributed by atoms with van der Waals surface area (Å²) in [5.41, 5.74) is 0.453. The monoisotopic (exact) mass is 235 g/mol. The normalized spacial score (nSPS) is 15.0. The van der Waals surface area contributed by atoms with Gasteiger partial charge in [-0.3, -0.25) is 4.79 Å². The third kappa shape index (κ3) is 2.52. The topological polar surface area (TPSA) is 49.8 Å². The summed E-state index contributed by atoms with van der Waals surface area (Å²) >= 11 is 0. The molecule has 0 unspecified atom stereocenters. The maximum Gasteiger partial charge on any atom is 0.257 e. The van der Waals surface area contributed by atoms with Gasteiger partial charge in [-0.05, 0) is 38.0 Å². The number of carbonyl (C=O) groups excluding carboxylic acids is 1. The Balaban J connectivity index is 2.28. The van der Waals surface area contributed by atoms with Crippen molar-refractivity contribution < 1.29 is 14.6 Å². The number of phenolic OH excluding ortho intramolecular Hbond substituents is 1. The Morgan fingerprint density at radius 1 is 1.41 bits per heavy atom. The minimum atomic E-state index is -0.0538. The molecule has 1 saturated heterocycles. The molecule has 1 aliphatic heterocycles. The molecule has 92 valence electrons. The zero-order valence-corrected chi connectivity index (χ0v) is 9.98. The average Bonchev–Trinajstić information content (AvgIpc) is 2.84. The maximum atomic E-state index is 12.2. The molecular formula is C13H17NO3. The Bertz CT molecular complexity index is 411. The highest BCUT2D eigenvalue weighted by atomic mass is 16.5. The van der Waals surface area contributed by atoms with Gasteiger partial charge in [0.15, 0.2) is 0 Å². The fraction of sp³-hybridized carbons (Fsp3) is 0.462. The number of rotatable bonds is 3. The molecule has 2 rings (SSSR count). The highest BCUT2D eigenvalue weighted by molar-refractivity contribution is 5.97. The first-order valence-electron chi connectivity index (χ1n) is 5.97. The number of aromatic hydroxyl groups is 1. The van der Waals surface area contributed by atoms with Crippen LogP contribution in [-0.2, 0) is 0 Å². The molecule has 0 radical (unpaired) electrons. The van der Waals surface area contributed by atoms with Gasteiger partial charge in [0.1, 0.15) is 11.5 Å². The summed E-state index contributed by atoms with van der Waals surface area (Å²) in [6.07, 6.45) is 2.10. The molecular weight excluding hydrogens is 218 g/mol. The van der Waals surface area contributed by atoms with Crippen LogP contribution in [-0.4, -0.2) is 35.6 Å². The molecule has 1 aromatic rings. The number of amides is 1. The van der Waals surface area contributed by atoms with Crippen LogP contribution in [0, 0.1) is 0 Å². The highest BCUT2D eigenvalue weighted by Crippen LogP contribution is 2.26. The quantitative estimate of drug-likeness (QED) is 0.872. The first-order chi connectivity index (χ1) is 8.22. The van der Waals surface area contributed by atoms with Crippen LogP contribution in [0.2, 0.25) is 0 Å². The minimum absolute atomic E-state index is 0.0538. The standard InChI is InChI=1S/C13H17NO3/c1-2-17-12-6-5-10(15)9-11(12)13(16)14-7-3-4-8-14/h5-6,9,15H,2-4,7-8H2,1H3. The summed E-state index contributed by atoms with van der Waals surface area (Å²) in [5.74, 6) is 0.583. The number of benzene rings is 1. The van der Waals surface area contributed by atoms with E-state index in [2.05, 4.69) is 0 Å². The summed E-state index contributed by atoms with van der Waals surface area (Å²) in [7, 11) is 0. The van der Waals surface area contributed by atoms with Gasteiger partial charge in [0.2, 0.25) is 0 Å². The van der Waals surface area contributed by atoms with Gasteiger partial charge in [-0.25, -0.2) is 0 Å². The molecule has 1 heterocycles. The lowest BCUT2D eigenvalue weighted by Crippen LogP contribution is -2.28. The number of nitrogens with zero attached hydrogens (tertiary/aromatic N) is 1. The zero-order valence-electron chi connectivity index (χ0n) is 9.98. The maximum absolute atomic E-state index is 12.2. The molecule has 0 atom stereocenters. The number of carbonyl (C=O) groups is 1. The predicted octanol–water partition coefficient (Wildman–Crippen LogP) is 2.03. The first kappa shape index (κ1) is 11.8. The van der Waals surface area contributed by atoms with Crippen molar-refractivity contribution in [3.63, 3.8) is 0 Å². The van der Waals surface area contributed by atoms with E-state index >= 15 is 0 Å². The summed E-state index contributed by atoms with van der Waals surface area (Å²) in [4.78, 5) is 14.0. The lowest BCUT2D eigenvalue weighted by atomic mass is 10.1. The minimum Gasteiger partial charge on any atom is -0.508 e. The average molecular weight is 235 g/mol. The number of ether oxygens (including phenoxy) is 1.